The SMILES string of the molecule is CN1C2COCC23CC(O)CC13. The molecule has 0 aromatic rings. The van der Waals surface area contributed by atoms with Crippen LogP contribution in [0.3, 0.4) is 0 Å². The van der Waals surface area contributed by atoms with Crippen molar-refractivity contribution in [1.82, 2.24) is 4.90 Å². The largest absolute Gasteiger partial charge is 0.393 e. The van der Waals surface area contributed by atoms with Gasteiger partial charge in [0, 0.05) is 17.5 Å². The Hall–Kier alpha value is -0.120. The van der Waals surface area contributed by atoms with E-state index in [1.165, 1.54) is 0 Å². The fraction of sp³-hybridized carbons (Fsp3) is 1.00. The zero-order valence-corrected chi connectivity index (χ0v) is 7.36. The van der Waals surface area contributed by atoms with Gasteiger partial charge in [0.15, 0.2) is 0 Å². The smallest absolute Gasteiger partial charge is 0.0629 e. The summed E-state index contributed by atoms with van der Waals surface area (Å²) in [6.45, 7) is 1.75. The number of aliphatic hydroxyl groups is 1. The highest BCUT2D eigenvalue weighted by Crippen LogP contribution is 2.56. The van der Waals surface area contributed by atoms with Crippen LogP contribution in [0.2, 0.25) is 0 Å². The maximum absolute atomic E-state index is 9.59. The lowest BCUT2D eigenvalue weighted by Crippen LogP contribution is -2.67. The molecule has 2 aliphatic heterocycles. The van der Waals surface area contributed by atoms with Crippen molar-refractivity contribution < 1.29 is 9.84 Å². The van der Waals surface area contributed by atoms with Crippen LogP contribution >= 0.6 is 0 Å². The second kappa shape index (κ2) is 2.03. The normalized spacial score (nSPS) is 58.0. The highest BCUT2D eigenvalue weighted by molar-refractivity contribution is 5.18. The molecule has 0 bridgehead atoms. The van der Waals surface area contributed by atoms with E-state index in [-0.39, 0.29) is 6.10 Å². The van der Waals surface area contributed by atoms with E-state index in [0.717, 1.165) is 26.1 Å². The summed E-state index contributed by atoms with van der Waals surface area (Å²) in [7, 11) is 2.15. The van der Waals surface area contributed by atoms with Crippen LogP contribution in [0.5, 0.6) is 0 Å². The molecule has 3 nitrogen and oxygen atoms in total. The summed E-state index contributed by atoms with van der Waals surface area (Å²) < 4.78 is 5.50. The van der Waals surface area contributed by atoms with Crippen LogP contribution in [0.4, 0.5) is 0 Å². The molecule has 0 radical (unpaired) electrons. The van der Waals surface area contributed by atoms with Crippen molar-refractivity contribution in [3.63, 3.8) is 0 Å². The molecule has 0 aromatic carbocycles. The lowest BCUT2D eigenvalue weighted by Gasteiger charge is -2.55. The van der Waals surface area contributed by atoms with Crippen LogP contribution in [0.25, 0.3) is 0 Å². The quantitative estimate of drug-likeness (QED) is 0.547. The van der Waals surface area contributed by atoms with Gasteiger partial charge in [-0.1, -0.05) is 0 Å². The Morgan fingerprint density at radius 3 is 3.17 bits per heavy atom. The zero-order valence-electron chi connectivity index (χ0n) is 7.36. The highest BCUT2D eigenvalue weighted by Gasteiger charge is 2.65. The third-order valence-electron chi connectivity index (χ3n) is 4.07. The van der Waals surface area contributed by atoms with Crippen LogP contribution in [0, 0.1) is 5.41 Å². The Morgan fingerprint density at radius 1 is 1.50 bits per heavy atom. The number of likely N-dealkylation sites (N-methyl/N-ethyl adjacent to an activating group) is 1. The Balaban J connectivity index is 1.93. The molecular formula is C9H15NO2. The Morgan fingerprint density at radius 2 is 2.33 bits per heavy atom. The summed E-state index contributed by atoms with van der Waals surface area (Å²) in [4.78, 5) is 2.38. The van der Waals surface area contributed by atoms with Gasteiger partial charge in [0.2, 0.25) is 0 Å². The van der Waals surface area contributed by atoms with Crippen molar-refractivity contribution in [3.05, 3.63) is 0 Å². The maximum Gasteiger partial charge on any atom is 0.0629 e. The molecule has 4 unspecified atom stereocenters. The number of nitrogens with zero attached hydrogens (tertiary/aromatic N) is 1. The average Bonchev–Trinajstić information content (AvgIpc) is 2.54. The van der Waals surface area contributed by atoms with Gasteiger partial charge in [-0.15, -0.1) is 0 Å². The highest BCUT2D eigenvalue weighted by atomic mass is 16.5. The van der Waals surface area contributed by atoms with E-state index >= 15 is 0 Å². The monoisotopic (exact) mass is 169 g/mol. The molecule has 3 heteroatoms. The molecule has 0 aromatic heterocycles. The first kappa shape index (κ1) is 7.30. The molecule has 0 amide bonds. The minimum atomic E-state index is -0.0795. The minimum absolute atomic E-state index is 0.0795. The van der Waals surface area contributed by atoms with Crippen molar-refractivity contribution in [1.29, 1.82) is 0 Å². The first-order chi connectivity index (χ1) is 5.74. The number of hydrogen-bond donors (Lipinski definition) is 1. The molecule has 3 fully saturated rings. The van der Waals surface area contributed by atoms with Gasteiger partial charge in [-0.2, -0.15) is 0 Å². The van der Waals surface area contributed by atoms with Gasteiger partial charge in [0.25, 0.3) is 0 Å². The molecule has 2 heterocycles. The van der Waals surface area contributed by atoms with E-state index < -0.39 is 0 Å². The standard InChI is InChI=1S/C9H15NO2/c1-10-7-2-6(11)3-9(7)5-12-4-8(9)10/h6-8,11H,2-5H2,1H3. The van der Waals surface area contributed by atoms with Gasteiger partial charge >= 0.3 is 0 Å². The third kappa shape index (κ3) is 0.605. The van der Waals surface area contributed by atoms with Crippen LogP contribution < -0.4 is 0 Å². The molecular weight excluding hydrogens is 154 g/mol. The second-order valence-corrected chi connectivity index (χ2v) is 4.54. The lowest BCUT2D eigenvalue weighted by molar-refractivity contribution is -0.0682. The van der Waals surface area contributed by atoms with Gasteiger partial charge in [-0.3, -0.25) is 4.90 Å². The first-order valence-corrected chi connectivity index (χ1v) is 4.72. The molecule has 3 rings (SSSR count). The van der Waals surface area contributed by atoms with E-state index in [0.29, 0.717) is 17.5 Å². The summed E-state index contributed by atoms with van der Waals surface area (Å²) in [5, 5.41) is 9.59. The van der Waals surface area contributed by atoms with Gasteiger partial charge in [0.1, 0.15) is 0 Å². The number of ether oxygens (including phenoxy) is 1. The summed E-state index contributed by atoms with van der Waals surface area (Å²) in [6.07, 6.45) is 1.84. The van der Waals surface area contributed by atoms with E-state index in [1.807, 2.05) is 0 Å². The van der Waals surface area contributed by atoms with Crippen LogP contribution in [0.1, 0.15) is 12.8 Å². The van der Waals surface area contributed by atoms with Gasteiger partial charge in [0.05, 0.1) is 19.3 Å². The number of likely N-dealkylation sites (tertiary alicyclic amines) is 1. The average molecular weight is 169 g/mol. The fourth-order valence-electron chi connectivity index (χ4n) is 3.52. The van der Waals surface area contributed by atoms with Gasteiger partial charge < -0.3 is 9.84 Å². The second-order valence-electron chi connectivity index (χ2n) is 4.54. The number of rotatable bonds is 0. The van der Waals surface area contributed by atoms with E-state index in [2.05, 4.69) is 11.9 Å². The topological polar surface area (TPSA) is 32.7 Å². The van der Waals surface area contributed by atoms with E-state index in [4.69, 9.17) is 4.74 Å². The molecule has 1 N–H and O–H groups in total. The van der Waals surface area contributed by atoms with Crippen molar-refractivity contribution in [3.8, 4) is 0 Å². The van der Waals surface area contributed by atoms with Gasteiger partial charge in [-0.05, 0) is 19.9 Å². The number of aliphatic hydroxyl groups excluding tert-OH is 1. The Kier molecular flexibility index (Phi) is 1.23. The zero-order chi connectivity index (χ0) is 8.34. The van der Waals surface area contributed by atoms with E-state index in [1.54, 1.807) is 0 Å². The van der Waals surface area contributed by atoms with Crippen molar-refractivity contribution in [2.45, 2.75) is 31.0 Å². The summed E-state index contributed by atoms with van der Waals surface area (Å²) >= 11 is 0. The predicted octanol–water partition coefficient (Wildman–Crippen LogP) is -0.160. The summed E-state index contributed by atoms with van der Waals surface area (Å²) in [5.41, 5.74) is 0.341. The Bertz CT molecular complexity index is 221. The van der Waals surface area contributed by atoms with Crippen LogP contribution in [-0.2, 0) is 4.74 Å². The van der Waals surface area contributed by atoms with Crippen molar-refractivity contribution >= 4 is 0 Å². The summed E-state index contributed by atoms with van der Waals surface area (Å²) in [6, 6.07) is 1.19. The van der Waals surface area contributed by atoms with E-state index in [9.17, 15) is 5.11 Å². The molecule has 1 aliphatic carbocycles. The third-order valence-corrected chi connectivity index (χ3v) is 4.07. The Labute approximate surface area is 72.3 Å². The molecule has 3 aliphatic rings. The minimum Gasteiger partial charge on any atom is -0.393 e. The molecule has 1 spiro atoms. The first-order valence-electron chi connectivity index (χ1n) is 4.72. The molecule has 1 saturated carbocycles. The van der Waals surface area contributed by atoms with Crippen LogP contribution in [0.15, 0.2) is 0 Å². The van der Waals surface area contributed by atoms with Crippen molar-refractivity contribution in [2.75, 3.05) is 20.3 Å². The van der Waals surface area contributed by atoms with Gasteiger partial charge in [-0.25, -0.2) is 0 Å². The predicted molar refractivity (Wildman–Crippen MR) is 43.8 cm³/mol. The molecule has 2 saturated heterocycles. The van der Waals surface area contributed by atoms with Crippen molar-refractivity contribution in [2.24, 2.45) is 5.41 Å². The number of hydrogen-bond acceptors (Lipinski definition) is 3. The summed E-state index contributed by atoms with van der Waals surface area (Å²) in [5.74, 6) is 0. The van der Waals surface area contributed by atoms with Crippen LogP contribution in [-0.4, -0.2) is 48.5 Å². The molecule has 4 atom stereocenters. The lowest BCUT2D eigenvalue weighted by atomic mass is 9.69. The maximum atomic E-state index is 9.59. The molecule has 68 valence electrons. The fourth-order valence-corrected chi connectivity index (χ4v) is 3.52. The molecule has 12 heavy (non-hydrogen) atoms.